The van der Waals surface area contributed by atoms with Crippen molar-refractivity contribution in [3.63, 3.8) is 0 Å². The first-order valence-electron chi connectivity index (χ1n) is 5.78. The third kappa shape index (κ3) is 2.41. The van der Waals surface area contributed by atoms with Crippen LogP contribution in [0.4, 0.5) is 11.4 Å². The number of nitrogens with two attached hydrogens (primary N) is 1. The molecule has 2 rings (SSSR count). The summed E-state index contributed by atoms with van der Waals surface area (Å²) in [6, 6.07) is 8.30. The number of rotatable bonds is 4. The summed E-state index contributed by atoms with van der Waals surface area (Å²) in [7, 11) is 0. The molecule has 0 unspecified atom stereocenters. The number of nitro benzene ring substituents is 1. The summed E-state index contributed by atoms with van der Waals surface area (Å²) in [6.45, 7) is 2.06. The Hall–Kier alpha value is -2.59. The molecule has 1 aromatic heterocycles. The Bertz CT molecular complexity index is 703. The highest BCUT2D eigenvalue weighted by Crippen LogP contribution is 2.42. The van der Waals surface area contributed by atoms with Gasteiger partial charge < -0.3 is 10.5 Å². The van der Waals surface area contributed by atoms with E-state index in [0.29, 0.717) is 27.6 Å². The number of nitro groups is 1. The normalized spacial score (nSPS) is 10.0. The largest absolute Gasteiger partial charge is 0.487 e. The summed E-state index contributed by atoms with van der Waals surface area (Å²) >= 11 is 1.18. The maximum absolute atomic E-state index is 11.1. The molecule has 0 spiro atoms. The Morgan fingerprint density at radius 2 is 2.30 bits per heavy atom. The smallest absolute Gasteiger partial charge is 0.311 e. The second-order valence-corrected chi connectivity index (χ2v) is 4.90. The first-order chi connectivity index (χ1) is 9.58. The number of nitriles is 1. The van der Waals surface area contributed by atoms with Gasteiger partial charge in [-0.25, -0.2) is 0 Å². The van der Waals surface area contributed by atoms with E-state index in [9.17, 15) is 10.1 Å². The molecule has 0 bridgehead atoms. The molecule has 0 aliphatic rings. The van der Waals surface area contributed by atoms with Crippen molar-refractivity contribution in [2.24, 2.45) is 0 Å². The van der Waals surface area contributed by atoms with Crippen LogP contribution in [0.1, 0.15) is 11.8 Å². The number of benzene rings is 1. The van der Waals surface area contributed by atoms with E-state index in [0.717, 1.165) is 0 Å². The van der Waals surface area contributed by atoms with Gasteiger partial charge in [0.15, 0.2) is 0 Å². The molecular weight excluding hydrogens is 278 g/mol. The average Bonchev–Trinajstić information content (AvgIpc) is 2.80. The lowest BCUT2D eigenvalue weighted by molar-refractivity contribution is -0.385. The third-order valence-electron chi connectivity index (χ3n) is 2.61. The molecule has 0 aliphatic heterocycles. The Labute approximate surface area is 119 Å². The van der Waals surface area contributed by atoms with E-state index < -0.39 is 4.92 Å². The number of thiophene rings is 1. The molecule has 0 aliphatic carbocycles. The van der Waals surface area contributed by atoms with E-state index in [1.165, 1.54) is 17.4 Å². The second-order valence-electron chi connectivity index (χ2n) is 3.85. The van der Waals surface area contributed by atoms with Crippen molar-refractivity contribution in [3.8, 4) is 22.3 Å². The van der Waals surface area contributed by atoms with Crippen LogP contribution in [0, 0.1) is 21.4 Å². The number of nitrogen functional groups attached to an aromatic ring is 1. The van der Waals surface area contributed by atoms with E-state index in [2.05, 4.69) is 0 Å². The lowest BCUT2D eigenvalue weighted by Crippen LogP contribution is -1.99. The standard InChI is InChI=1S/C13H11N3O3S/c1-2-19-13-8(4-3-5-10(13)16(17)18)11-6-9(15)12(7-14)20-11/h3-6H,2,15H2,1H3. The minimum atomic E-state index is -0.489. The van der Waals surface area contributed by atoms with E-state index in [4.69, 9.17) is 15.7 Å². The van der Waals surface area contributed by atoms with Crippen LogP contribution >= 0.6 is 11.3 Å². The molecular formula is C13H11N3O3S. The molecule has 0 fully saturated rings. The Kier molecular flexibility index (Phi) is 3.86. The number of hydrogen-bond acceptors (Lipinski definition) is 6. The summed E-state index contributed by atoms with van der Waals surface area (Å²) in [6.07, 6.45) is 0. The van der Waals surface area contributed by atoms with Gasteiger partial charge in [0, 0.05) is 16.5 Å². The van der Waals surface area contributed by atoms with E-state index >= 15 is 0 Å². The van der Waals surface area contributed by atoms with E-state index in [-0.39, 0.29) is 11.4 Å². The van der Waals surface area contributed by atoms with Gasteiger partial charge in [0.05, 0.1) is 17.2 Å². The zero-order valence-electron chi connectivity index (χ0n) is 10.6. The van der Waals surface area contributed by atoms with Crippen molar-refractivity contribution < 1.29 is 9.66 Å². The summed E-state index contributed by atoms with van der Waals surface area (Å²) < 4.78 is 5.41. The zero-order valence-corrected chi connectivity index (χ0v) is 11.4. The van der Waals surface area contributed by atoms with Crippen molar-refractivity contribution in [3.05, 3.63) is 39.3 Å². The molecule has 2 aromatic rings. The van der Waals surface area contributed by atoms with Crippen LogP contribution in [0.3, 0.4) is 0 Å². The SMILES string of the molecule is CCOc1c(-c2cc(N)c(C#N)s2)cccc1[N+](=O)[O-]. The van der Waals surface area contributed by atoms with Gasteiger partial charge in [0.1, 0.15) is 10.9 Å². The zero-order chi connectivity index (χ0) is 14.7. The van der Waals surface area contributed by atoms with Crippen LogP contribution in [0.2, 0.25) is 0 Å². The molecule has 0 saturated heterocycles. The number of hydrogen-bond donors (Lipinski definition) is 1. The van der Waals surface area contributed by atoms with Crippen molar-refractivity contribution in [1.82, 2.24) is 0 Å². The highest BCUT2D eigenvalue weighted by Gasteiger charge is 2.21. The summed E-state index contributed by atoms with van der Waals surface area (Å²) in [4.78, 5) is 11.6. The fourth-order valence-corrected chi connectivity index (χ4v) is 2.68. The highest BCUT2D eigenvalue weighted by molar-refractivity contribution is 7.16. The highest BCUT2D eigenvalue weighted by atomic mass is 32.1. The first-order valence-corrected chi connectivity index (χ1v) is 6.60. The fraction of sp³-hybridized carbons (Fsp3) is 0.154. The molecule has 6 nitrogen and oxygen atoms in total. The number of para-hydroxylation sites is 1. The Balaban J connectivity index is 2.63. The lowest BCUT2D eigenvalue weighted by atomic mass is 10.1. The molecule has 0 saturated carbocycles. The molecule has 0 amide bonds. The second kappa shape index (κ2) is 5.59. The number of nitrogens with zero attached hydrogens (tertiary/aromatic N) is 2. The maximum atomic E-state index is 11.1. The monoisotopic (exact) mass is 289 g/mol. The summed E-state index contributed by atoms with van der Waals surface area (Å²) in [5.41, 5.74) is 6.55. The lowest BCUT2D eigenvalue weighted by Gasteiger charge is -2.08. The summed E-state index contributed by atoms with van der Waals surface area (Å²) in [5.74, 6) is 0.200. The molecule has 0 atom stereocenters. The van der Waals surface area contributed by atoms with E-state index in [1.807, 2.05) is 6.07 Å². The predicted molar refractivity (Wildman–Crippen MR) is 76.7 cm³/mol. The maximum Gasteiger partial charge on any atom is 0.311 e. The van der Waals surface area contributed by atoms with Gasteiger partial charge in [-0.05, 0) is 19.1 Å². The van der Waals surface area contributed by atoms with Gasteiger partial charge in [0.2, 0.25) is 5.75 Å². The molecule has 7 heteroatoms. The van der Waals surface area contributed by atoms with Crippen LogP contribution < -0.4 is 10.5 Å². The Morgan fingerprint density at radius 3 is 2.85 bits per heavy atom. The molecule has 2 N–H and O–H groups in total. The van der Waals surface area contributed by atoms with Gasteiger partial charge in [-0.2, -0.15) is 5.26 Å². The summed E-state index contributed by atoms with van der Waals surface area (Å²) in [5, 5.41) is 20.0. The number of ether oxygens (including phenoxy) is 1. The van der Waals surface area contributed by atoms with Crippen LogP contribution in [-0.2, 0) is 0 Å². The fourth-order valence-electron chi connectivity index (χ4n) is 1.78. The van der Waals surface area contributed by atoms with Crippen molar-refractivity contribution in [2.45, 2.75) is 6.92 Å². The third-order valence-corrected chi connectivity index (χ3v) is 3.70. The van der Waals surface area contributed by atoms with Crippen LogP contribution in [0.25, 0.3) is 10.4 Å². The van der Waals surface area contributed by atoms with Crippen LogP contribution in [0.5, 0.6) is 5.75 Å². The average molecular weight is 289 g/mol. The van der Waals surface area contributed by atoms with E-state index in [1.54, 1.807) is 25.1 Å². The molecule has 102 valence electrons. The minimum Gasteiger partial charge on any atom is -0.487 e. The predicted octanol–water partition coefficient (Wildman–Crippen LogP) is 3.18. The van der Waals surface area contributed by atoms with Crippen LogP contribution in [0.15, 0.2) is 24.3 Å². The van der Waals surface area contributed by atoms with Crippen molar-refractivity contribution in [1.29, 1.82) is 5.26 Å². The van der Waals surface area contributed by atoms with Gasteiger partial charge in [-0.3, -0.25) is 10.1 Å². The van der Waals surface area contributed by atoms with Crippen molar-refractivity contribution in [2.75, 3.05) is 12.3 Å². The molecule has 1 aromatic carbocycles. The van der Waals surface area contributed by atoms with Gasteiger partial charge >= 0.3 is 5.69 Å². The first kappa shape index (κ1) is 13.8. The van der Waals surface area contributed by atoms with Crippen molar-refractivity contribution >= 4 is 22.7 Å². The minimum absolute atomic E-state index is 0.102. The molecule has 20 heavy (non-hydrogen) atoms. The molecule has 0 radical (unpaired) electrons. The van der Waals surface area contributed by atoms with Gasteiger partial charge in [0.25, 0.3) is 0 Å². The molecule has 1 heterocycles. The quantitative estimate of drug-likeness (QED) is 0.687. The van der Waals surface area contributed by atoms with Crippen LogP contribution in [-0.4, -0.2) is 11.5 Å². The topological polar surface area (TPSA) is 102 Å². The Morgan fingerprint density at radius 1 is 1.55 bits per heavy atom. The van der Waals surface area contributed by atoms with Gasteiger partial charge in [-0.15, -0.1) is 11.3 Å². The van der Waals surface area contributed by atoms with Gasteiger partial charge in [-0.1, -0.05) is 6.07 Å². The number of anilines is 1.